The smallest absolute Gasteiger partial charge is 0.0765 e. The van der Waals surface area contributed by atoms with Gasteiger partial charge in [0.15, 0.2) is 0 Å². The van der Waals surface area contributed by atoms with Crippen LogP contribution in [0.5, 0.6) is 0 Å². The number of rotatable bonds is 3. The van der Waals surface area contributed by atoms with Crippen molar-refractivity contribution >= 4 is 0 Å². The first-order valence-electron chi connectivity index (χ1n) is 20.4. The summed E-state index contributed by atoms with van der Waals surface area (Å²) < 4.78 is 0. The summed E-state index contributed by atoms with van der Waals surface area (Å²) in [5.41, 5.74) is 16.0. The average molecular weight is 739 g/mol. The predicted molar refractivity (Wildman–Crippen MR) is 239 cm³/mol. The van der Waals surface area contributed by atoms with Gasteiger partial charge in [0.1, 0.15) is 10.8 Å². The van der Waals surface area contributed by atoms with E-state index in [0.29, 0.717) is 0 Å². The fourth-order valence-corrected chi connectivity index (χ4v) is 9.48. The number of hydrogen-bond acceptors (Lipinski definition) is 0. The van der Waals surface area contributed by atoms with Gasteiger partial charge in [0.2, 0.25) is 0 Å². The topological polar surface area (TPSA) is 0 Å². The molecule has 2 aliphatic carbocycles. The maximum Gasteiger partial charge on any atom is 0.107 e. The SMILES string of the molecule is C(#CC1(c2ccc(-c3ccc(C4(C#Cc5ccccc5)c5ccccc5CCc5ccccc54)cc3)cc2)c2ccccc2CCc2ccccc21)c1ccccc1. The number of hydrogen-bond donors (Lipinski definition) is 0. The van der Waals surface area contributed by atoms with Gasteiger partial charge in [-0.15, -0.1) is 0 Å². The molecule has 0 nitrogen and oxygen atoms in total. The summed E-state index contributed by atoms with van der Waals surface area (Å²) >= 11 is 0. The summed E-state index contributed by atoms with van der Waals surface area (Å²) in [6.45, 7) is 0. The molecule has 0 heterocycles. The molecule has 0 saturated heterocycles. The summed E-state index contributed by atoms with van der Waals surface area (Å²) in [4.78, 5) is 0. The van der Waals surface area contributed by atoms with Crippen LogP contribution < -0.4 is 0 Å². The Labute approximate surface area is 342 Å². The van der Waals surface area contributed by atoms with Gasteiger partial charge in [-0.2, -0.15) is 0 Å². The van der Waals surface area contributed by atoms with Gasteiger partial charge >= 0.3 is 0 Å². The molecular weight excluding hydrogens is 697 g/mol. The standard InChI is InChI=1S/C58H42/c1-3-15-43(16-4-1)39-41-57(53-23-11-7-19-47(53)27-28-48-20-8-12-24-54(48)57)51-35-31-45(32-36-51)46-33-37-52(38-34-46)58(42-40-44-17-5-2-6-18-44)55-25-13-9-21-49(55)29-30-50-22-10-14-26-56(50)58/h1-26,31-38H,27-30H2. The third-order valence-electron chi connectivity index (χ3n) is 12.3. The molecule has 0 unspecified atom stereocenters. The van der Waals surface area contributed by atoms with Gasteiger partial charge in [0, 0.05) is 11.1 Å². The molecule has 0 fully saturated rings. The molecule has 0 bridgehead atoms. The number of aryl methyl sites for hydroxylation is 4. The van der Waals surface area contributed by atoms with E-state index in [2.05, 4.69) is 230 Å². The maximum atomic E-state index is 3.91. The Bertz CT molecular complexity index is 2580. The van der Waals surface area contributed by atoms with Crippen molar-refractivity contribution in [1.29, 1.82) is 0 Å². The van der Waals surface area contributed by atoms with Gasteiger partial charge in [-0.1, -0.05) is 206 Å². The molecule has 58 heavy (non-hydrogen) atoms. The van der Waals surface area contributed by atoms with E-state index in [1.54, 1.807) is 0 Å². The molecule has 8 aromatic rings. The Balaban J connectivity index is 1.11. The van der Waals surface area contributed by atoms with E-state index in [1.807, 2.05) is 0 Å². The Morgan fingerprint density at radius 1 is 0.276 bits per heavy atom. The lowest BCUT2D eigenvalue weighted by Crippen LogP contribution is -2.29. The van der Waals surface area contributed by atoms with Crippen LogP contribution >= 0.6 is 0 Å². The molecule has 0 aromatic heterocycles. The van der Waals surface area contributed by atoms with Crippen molar-refractivity contribution in [1.82, 2.24) is 0 Å². The Kier molecular flexibility index (Phi) is 9.18. The monoisotopic (exact) mass is 738 g/mol. The van der Waals surface area contributed by atoms with Crippen LogP contribution in [0.3, 0.4) is 0 Å². The minimum atomic E-state index is -0.633. The van der Waals surface area contributed by atoms with Crippen LogP contribution in [0.25, 0.3) is 11.1 Å². The largest absolute Gasteiger partial charge is 0.107 e. The van der Waals surface area contributed by atoms with E-state index in [9.17, 15) is 0 Å². The van der Waals surface area contributed by atoms with Crippen molar-refractivity contribution in [2.45, 2.75) is 36.5 Å². The molecule has 2 aliphatic rings. The van der Waals surface area contributed by atoms with E-state index >= 15 is 0 Å². The van der Waals surface area contributed by atoms with Crippen LogP contribution in [0.2, 0.25) is 0 Å². The minimum absolute atomic E-state index is 0.633. The molecule has 0 N–H and O–H groups in total. The van der Waals surface area contributed by atoms with Crippen LogP contribution in [-0.2, 0) is 36.5 Å². The van der Waals surface area contributed by atoms with Crippen molar-refractivity contribution in [2.24, 2.45) is 0 Å². The Hall–Kier alpha value is -7.12. The normalized spacial score (nSPS) is 14.3. The summed E-state index contributed by atoms with van der Waals surface area (Å²) in [6.07, 6.45) is 3.94. The summed E-state index contributed by atoms with van der Waals surface area (Å²) in [7, 11) is 0. The first-order valence-corrected chi connectivity index (χ1v) is 20.4. The van der Waals surface area contributed by atoms with E-state index < -0.39 is 10.8 Å². The molecule has 8 aromatic carbocycles. The first-order chi connectivity index (χ1) is 28.7. The minimum Gasteiger partial charge on any atom is -0.0765 e. The highest BCUT2D eigenvalue weighted by Crippen LogP contribution is 2.47. The van der Waals surface area contributed by atoms with Crippen LogP contribution in [0, 0.1) is 23.7 Å². The van der Waals surface area contributed by atoms with Crippen molar-refractivity contribution in [3.05, 3.63) is 273 Å². The fourth-order valence-electron chi connectivity index (χ4n) is 9.48. The van der Waals surface area contributed by atoms with Gasteiger partial charge in [0.05, 0.1) is 0 Å². The Morgan fingerprint density at radius 2 is 0.552 bits per heavy atom. The molecule has 0 amide bonds. The second-order valence-corrected chi connectivity index (χ2v) is 15.5. The van der Waals surface area contributed by atoms with Crippen LogP contribution in [0.15, 0.2) is 206 Å². The summed E-state index contributed by atoms with van der Waals surface area (Å²) in [5.74, 6) is 15.1. The van der Waals surface area contributed by atoms with Crippen molar-refractivity contribution < 1.29 is 0 Å². The first kappa shape index (κ1) is 35.3. The fraction of sp³-hybridized carbons (Fsp3) is 0.103. The van der Waals surface area contributed by atoms with Crippen LogP contribution in [-0.4, -0.2) is 0 Å². The predicted octanol–water partition coefficient (Wildman–Crippen LogP) is 12.3. The Morgan fingerprint density at radius 3 is 0.862 bits per heavy atom. The maximum absolute atomic E-state index is 3.91. The van der Waals surface area contributed by atoms with E-state index in [0.717, 1.165) is 36.8 Å². The molecule has 0 radical (unpaired) electrons. The van der Waals surface area contributed by atoms with E-state index in [1.165, 1.54) is 66.8 Å². The van der Waals surface area contributed by atoms with Crippen molar-refractivity contribution in [3.63, 3.8) is 0 Å². The zero-order valence-electron chi connectivity index (χ0n) is 32.5. The second-order valence-electron chi connectivity index (χ2n) is 15.5. The molecule has 0 atom stereocenters. The van der Waals surface area contributed by atoms with Crippen molar-refractivity contribution in [2.75, 3.05) is 0 Å². The quantitative estimate of drug-likeness (QED) is 0.158. The lowest BCUT2D eigenvalue weighted by atomic mass is 9.67. The lowest BCUT2D eigenvalue weighted by Gasteiger charge is -2.33. The zero-order chi connectivity index (χ0) is 38.8. The van der Waals surface area contributed by atoms with Gasteiger partial charge < -0.3 is 0 Å². The molecule has 0 spiro atoms. The van der Waals surface area contributed by atoms with Crippen LogP contribution in [0.1, 0.15) is 66.8 Å². The number of fused-ring (bicyclic) bond motifs is 4. The van der Waals surface area contributed by atoms with E-state index in [-0.39, 0.29) is 0 Å². The molecule has 0 saturated carbocycles. The summed E-state index contributed by atoms with van der Waals surface area (Å²) in [6, 6.07) is 74.9. The number of benzene rings is 8. The molecule has 0 aliphatic heterocycles. The highest BCUT2D eigenvalue weighted by atomic mass is 14.4. The average Bonchev–Trinajstić information content (AvgIpc) is 3.54. The highest BCUT2D eigenvalue weighted by molar-refractivity contribution is 5.71. The summed E-state index contributed by atoms with van der Waals surface area (Å²) in [5, 5.41) is 0. The van der Waals surface area contributed by atoms with Crippen molar-refractivity contribution in [3.8, 4) is 34.8 Å². The van der Waals surface area contributed by atoms with Crippen LogP contribution in [0.4, 0.5) is 0 Å². The second kappa shape index (κ2) is 15.1. The zero-order valence-corrected chi connectivity index (χ0v) is 32.5. The van der Waals surface area contributed by atoms with Gasteiger partial charge in [-0.3, -0.25) is 0 Å². The van der Waals surface area contributed by atoms with E-state index in [4.69, 9.17) is 0 Å². The third-order valence-corrected chi connectivity index (χ3v) is 12.3. The molecule has 0 heteroatoms. The van der Waals surface area contributed by atoms with Gasteiger partial charge in [0.25, 0.3) is 0 Å². The molecule has 10 rings (SSSR count). The lowest BCUT2D eigenvalue weighted by molar-refractivity contribution is 0.801. The third kappa shape index (κ3) is 6.16. The molecule has 274 valence electrons. The van der Waals surface area contributed by atoms with Gasteiger partial charge in [-0.25, -0.2) is 0 Å². The highest BCUT2D eigenvalue weighted by Gasteiger charge is 2.41. The van der Waals surface area contributed by atoms with Gasteiger partial charge in [-0.05, 0) is 117 Å². The molecular formula is C58H42.